The molecule has 150 valence electrons. The standard InChI is InChI=1S/C18H18F3N5O.ClH/c1-11-5-4-6-12(9-11)26-14(18(19,20)21)13(10-23-26)15-24-16(25-27-15)17(22)7-2-3-8-17;/h4-6,9-10H,2-3,7-8,22H2,1H3;1H. The topological polar surface area (TPSA) is 82.8 Å². The second-order valence-corrected chi connectivity index (χ2v) is 6.94. The van der Waals surface area contributed by atoms with E-state index in [9.17, 15) is 13.2 Å². The Morgan fingerprint density at radius 2 is 1.93 bits per heavy atom. The number of nitrogens with zero attached hydrogens (tertiary/aromatic N) is 4. The highest BCUT2D eigenvalue weighted by atomic mass is 35.5. The third-order valence-corrected chi connectivity index (χ3v) is 4.88. The molecule has 0 saturated heterocycles. The Hall–Kier alpha value is -2.39. The fraction of sp³-hybridized carbons (Fsp3) is 0.389. The zero-order valence-electron chi connectivity index (χ0n) is 15.0. The van der Waals surface area contributed by atoms with E-state index in [1.165, 1.54) is 0 Å². The lowest BCUT2D eigenvalue weighted by atomic mass is 9.99. The van der Waals surface area contributed by atoms with Crippen molar-refractivity contribution in [2.75, 3.05) is 0 Å². The summed E-state index contributed by atoms with van der Waals surface area (Å²) < 4.78 is 47.5. The molecule has 2 aromatic heterocycles. The number of benzene rings is 1. The van der Waals surface area contributed by atoms with Crippen molar-refractivity contribution in [3.63, 3.8) is 0 Å². The summed E-state index contributed by atoms with van der Waals surface area (Å²) in [5, 5.41) is 7.78. The Morgan fingerprint density at radius 3 is 2.57 bits per heavy atom. The number of aryl methyl sites for hydroxylation is 1. The van der Waals surface area contributed by atoms with Crippen LogP contribution in [0.2, 0.25) is 0 Å². The number of hydrogen-bond donors (Lipinski definition) is 1. The minimum Gasteiger partial charge on any atom is -0.334 e. The molecule has 1 fully saturated rings. The molecule has 0 amide bonds. The molecule has 0 radical (unpaired) electrons. The van der Waals surface area contributed by atoms with Crippen molar-refractivity contribution in [2.45, 2.75) is 44.3 Å². The average Bonchev–Trinajstić information content (AvgIpc) is 3.33. The van der Waals surface area contributed by atoms with Gasteiger partial charge in [-0.15, -0.1) is 12.4 Å². The van der Waals surface area contributed by atoms with Gasteiger partial charge in [0.05, 0.1) is 23.0 Å². The summed E-state index contributed by atoms with van der Waals surface area (Å²) in [6, 6.07) is 6.66. The molecular weight excluding hydrogens is 395 g/mol. The van der Waals surface area contributed by atoms with Gasteiger partial charge >= 0.3 is 6.18 Å². The van der Waals surface area contributed by atoms with Crippen molar-refractivity contribution >= 4 is 12.4 Å². The van der Waals surface area contributed by atoms with Gasteiger partial charge in [-0.2, -0.15) is 23.3 Å². The Bertz CT molecular complexity index is 976. The first-order valence-corrected chi connectivity index (χ1v) is 8.64. The summed E-state index contributed by atoms with van der Waals surface area (Å²) in [4.78, 5) is 4.18. The maximum Gasteiger partial charge on any atom is 0.434 e. The lowest BCUT2D eigenvalue weighted by Crippen LogP contribution is -2.34. The van der Waals surface area contributed by atoms with E-state index in [0.29, 0.717) is 18.5 Å². The van der Waals surface area contributed by atoms with E-state index in [2.05, 4.69) is 15.2 Å². The molecular formula is C18H19ClF3N5O. The average molecular weight is 414 g/mol. The number of rotatable bonds is 3. The van der Waals surface area contributed by atoms with Crippen LogP contribution in [0.5, 0.6) is 0 Å². The maximum atomic E-state index is 13.8. The lowest BCUT2D eigenvalue weighted by Gasteiger charge is -2.17. The first kappa shape index (κ1) is 20.3. The first-order valence-electron chi connectivity index (χ1n) is 8.64. The number of hydrogen-bond acceptors (Lipinski definition) is 5. The molecule has 1 aliphatic rings. The number of halogens is 4. The van der Waals surface area contributed by atoms with E-state index in [4.69, 9.17) is 10.3 Å². The van der Waals surface area contributed by atoms with Gasteiger partial charge in [-0.05, 0) is 37.5 Å². The SMILES string of the molecule is Cc1cccc(-n2ncc(-c3nc(C4(N)CCCC4)no3)c2C(F)(F)F)c1.Cl. The Kier molecular flexibility index (Phi) is 5.24. The lowest BCUT2D eigenvalue weighted by molar-refractivity contribution is -0.142. The number of nitrogens with two attached hydrogens (primary N) is 1. The quantitative estimate of drug-likeness (QED) is 0.688. The van der Waals surface area contributed by atoms with Crippen LogP contribution >= 0.6 is 12.4 Å². The second kappa shape index (κ2) is 7.21. The van der Waals surface area contributed by atoms with E-state index < -0.39 is 17.4 Å². The van der Waals surface area contributed by atoms with Gasteiger partial charge < -0.3 is 10.3 Å². The molecule has 3 aromatic rings. The molecule has 28 heavy (non-hydrogen) atoms. The molecule has 6 nitrogen and oxygen atoms in total. The van der Waals surface area contributed by atoms with Crippen molar-refractivity contribution in [3.8, 4) is 17.1 Å². The van der Waals surface area contributed by atoms with Gasteiger partial charge in [0.1, 0.15) is 0 Å². The van der Waals surface area contributed by atoms with Crippen molar-refractivity contribution in [1.29, 1.82) is 0 Å². The van der Waals surface area contributed by atoms with Gasteiger partial charge in [-0.25, -0.2) is 4.68 Å². The fourth-order valence-electron chi connectivity index (χ4n) is 3.50. The molecule has 0 atom stereocenters. The molecule has 10 heteroatoms. The molecule has 0 spiro atoms. The predicted octanol–water partition coefficient (Wildman–Crippen LogP) is 4.40. The molecule has 0 unspecified atom stereocenters. The number of aromatic nitrogens is 4. The third kappa shape index (κ3) is 3.51. The van der Waals surface area contributed by atoms with Crippen LogP contribution in [0.15, 0.2) is 35.0 Å². The van der Waals surface area contributed by atoms with Crippen molar-refractivity contribution in [3.05, 3.63) is 47.5 Å². The maximum absolute atomic E-state index is 13.8. The normalized spacial score (nSPS) is 16.2. The summed E-state index contributed by atoms with van der Waals surface area (Å²) in [7, 11) is 0. The molecule has 2 heterocycles. The summed E-state index contributed by atoms with van der Waals surface area (Å²) in [6.07, 6.45) is -0.335. The summed E-state index contributed by atoms with van der Waals surface area (Å²) in [5.41, 5.74) is 5.45. The smallest absolute Gasteiger partial charge is 0.334 e. The first-order chi connectivity index (χ1) is 12.8. The molecule has 1 saturated carbocycles. The minimum absolute atomic E-state index is 0. The zero-order chi connectivity index (χ0) is 19.2. The third-order valence-electron chi connectivity index (χ3n) is 4.88. The summed E-state index contributed by atoms with van der Waals surface area (Å²) in [6.45, 7) is 1.80. The largest absolute Gasteiger partial charge is 0.434 e. The highest BCUT2D eigenvalue weighted by Crippen LogP contribution is 2.40. The molecule has 2 N–H and O–H groups in total. The van der Waals surface area contributed by atoms with Gasteiger partial charge in [0.2, 0.25) is 0 Å². The van der Waals surface area contributed by atoms with E-state index in [1.54, 1.807) is 31.2 Å². The van der Waals surface area contributed by atoms with E-state index >= 15 is 0 Å². The van der Waals surface area contributed by atoms with Crippen LogP contribution in [0.4, 0.5) is 13.2 Å². The Labute approximate surface area is 165 Å². The Morgan fingerprint density at radius 1 is 1.21 bits per heavy atom. The zero-order valence-corrected chi connectivity index (χ0v) is 15.8. The molecule has 0 aliphatic heterocycles. The molecule has 4 rings (SSSR count). The highest BCUT2D eigenvalue weighted by molar-refractivity contribution is 5.85. The van der Waals surface area contributed by atoms with E-state index in [0.717, 1.165) is 29.3 Å². The summed E-state index contributed by atoms with van der Waals surface area (Å²) >= 11 is 0. The van der Waals surface area contributed by atoms with Crippen LogP contribution in [-0.4, -0.2) is 19.9 Å². The van der Waals surface area contributed by atoms with Gasteiger partial charge in [0.15, 0.2) is 11.5 Å². The van der Waals surface area contributed by atoms with Crippen LogP contribution in [0.3, 0.4) is 0 Å². The second-order valence-electron chi connectivity index (χ2n) is 6.94. The molecule has 0 bridgehead atoms. The summed E-state index contributed by atoms with van der Waals surface area (Å²) in [5.74, 6) is 0.0133. The van der Waals surface area contributed by atoms with Crippen molar-refractivity contribution in [1.82, 2.24) is 19.9 Å². The van der Waals surface area contributed by atoms with Crippen LogP contribution < -0.4 is 5.73 Å². The fourth-order valence-corrected chi connectivity index (χ4v) is 3.50. The Balaban J connectivity index is 0.00000225. The number of alkyl halides is 3. The predicted molar refractivity (Wildman–Crippen MR) is 98.2 cm³/mol. The van der Waals surface area contributed by atoms with Crippen LogP contribution in [0.25, 0.3) is 17.1 Å². The monoisotopic (exact) mass is 413 g/mol. The minimum atomic E-state index is -4.65. The van der Waals surface area contributed by atoms with Gasteiger partial charge in [-0.3, -0.25) is 0 Å². The molecule has 1 aromatic carbocycles. The van der Waals surface area contributed by atoms with Crippen LogP contribution in [-0.2, 0) is 11.7 Å². The van der Waals surface area contributed by atoms with Gasteiger partial charge in [0, 0.05) is 0 Å². The molecule has 1 aliphatic carbocycles. The van der Waals surface area contributed by atoms with Gasteiger partial charge in [0.25, 0.3) is 5.89 Å². The van der Waals surface area contributed by atoms with Crippen molar-refractivity contribution < 1.29 is 17.7 Å². The van der Waals surface area contributed by atoms with Crippen molar-refractivity contribution in [2.24, 2.45) is 5.73 Å². The van der Waals surface area contributed by atoms with Crippen LogP contribution in [0.1, 0.15) is 42.8 Å². The van der Waals surface area contributed by atoms with E-state index in [-0.39, 0.29) is 29.7 Å². The van der Waals surface area contributed by atoms with Gasteiger partial charge in [-0.1, -0.05) is 30.1 Å². The van der Waals surface area contributed by atoms with Crippen LogP contribution in [0, 0.1) is 6.92 Å². The van der Waals surface area contributed by atoms with E-state index in [1.807, 2.05) is 0 Å². The highest BCUT2D eigenvalue weighted by Gasteiger charge is 2.42.